The van der Waals surface area contributed by atoms with Gasteiger partial charge in [0.25, 0.3) is 0 Å². The highest BCUT2D eigenvalue weighted by molar-refractivity contribution is 6.01. The molecule has 68 heavy (non-hydrogen) atoms. The molecule has 0 atom stereocenters. The van der Waals surface area contributed by atoms with Gasteiger partial charge in [0.1, 0.15) is 23.0 Å². The molecule has 0 saturated carbocycles. The largest absolute Gasteiger partial charge is 0.376 e. The Bertz CT molecular complexity index is 3680. The predicted molar refractivity (Wildman–Crippen MR) is 269 cm³/mol. The first-order chi connectivity index (χ1) is 33.2. The molecular formula is C54H46F2N12. The second kappa shape index (κ2) is 19.3. The normalized spacial score (nSPS) is 11.7. The van der Waals surface area contributed by atoms with Gasteiger partial charge in [-0.15, -0.1) is 0 Å². The lowest BCUT2D eigenvalue weighted by atomic mass is 10.1. The van der Waals surface area contributed by atoms with E-state index in [0.29, 0.717) is 0 Å². The SMILES string of the molecule is C=C(/C=c1/c(-c2cc3c(-c4ccc(F)cc4)nccc3[nH]2)n[nH]/c1=C/C)c1cncc(N(C)C)c1.CC.Fc1ccc(-c2nccc3[nH]c(-c4n[nH]c5cnc(-c6cccnc6)cc45)cc23)cc1. The van der Waals surface area contributed by atoms with Crippen LogP contribution in [0.4, 0.5) is 14.5 Å². The van der Waals surface area contributed by atoms with E-state index in [1.54, 1.807) is 55.2 Å². The Balaban J connectivity index is 0.000000165. The molecule has 0 unspecified atom stereocenters. The molecule has 0 amide bonds. The number of hydrogen-bond acceptors (Lipinski definition) is 8. The van der Waals surface area contributed by atoms with E-state index in [4.69, 9.17) is 0 Å². The zero-order valence-electron chi connectivity index (χ0n) is 38.0. The number of nitrogens with one attached hydrogen (secondary N) is 4. The minimum Gasteiger partial charge on any atom is -0.376 e. The number of halogens is 2. The number of aromatic nitrogens is 11. The second-order valence-corrected chi connectivity index (χ2v) is 15.7. The van der Waals surface area contributed by atoms with Gasteiger partial charge in [-0.3, -0.25) is 35.1 Å². The highest BCUT2D eigenvalue weighted by atomic mass is 19.1. The van der Waals surface area contributed by atoms with Crippen LogP contribution in [-0.2, 0) is 0 Å². The number of H-pyrrole nitrogens is 4. The zero-order chi connectivity index (χ0) is 47.3. The van der Waals surface area contributed by atoms with Gasteiger partial charge in [0, 0.05) is 99.7 Å². The van der Waals surface area contributed by atoms with Gasteiger partial charge in [-0.25, -0.2) is 8.78 Å². The average molecular weight is 901 g/mol. The molecule has 0 aliphatic carbocycles. The van der Waals surface area contributed by atoms with E-state index >= 15 is 0 Å². The highest BCUT2D eigenvalue weighted by Crippen LogP contribution is 2.34. The fourth-order valence-electron chi connectivity index (χ4n) is 7.87. The maximum Gasteiger partial charge on any atom is 0.123 e. The van der Waals surface area contributed by atoms with E-state index in [1.807, 2.05) is 107 Å². The van der Waals surface area contributed by atoms with Gasteiger partial charge in [-0.2, -0.15) is 10.2 Å². The first-order valence-corrected chi connectivity index (χ1v) is 22.0. The molecule has 2 aromatic carbocycles. The van der Waals surface area contributed by atoms with Crippen molar-refractivity contribution >= 4 is 56.1 Å². The summed E-state index contributed by atoms with van der Waals surface area (Å²) in [6.45, 7) is 10.3. The van der Waals surface area contributed by atoms with Gasteiger partial charge in [0.2, 0.25) is 0 Å². The summed E-state index contributed by atoms with van der Waals surface area (Å²) < 4.78 is 26.8. The van der Waals surface area contributed by atoms with Gasteiger partial charge in [0.15, 0.2) is 0 Å². The molecule has 9 aromatic heterocycles. The molecule has 0 bridgehead atoms. The van der Waals surface area contributed by atoms with Crippen molar-refractivity contribution in [2.75, 3.05) is 19.0 Å². The van der Waals surface area contributed by atoms with Crippen LogP contribution in [0.2, 0.25) is 0 Å². The smallest absolute Gasteiger partial charge is 0.123 e. The minimum atomic E-state index is -0.276. The monoisotopic (exact) mass is 900 g/mol. The number of rotatable bonds is 8. The van der Waals surface area contributed by atoms with Crippen LogP contribution in [0, 0.1) is 11.6 Å². The summed E-state index contributed by atoms with van der Waals surface area (Å²) in [5.41, 5.74) is 13.8. The molecule has 0 spiro atoms. The summed E-state index contributed by atoms with van der Waals surface area (Å²) in [6.07, 6.45) is 16.4. The topological polar surface area (TPSA) is 157 Å². The van der Waals surface area contributed by atoms with E-state index in [9.17, 15) is 8.78 Å². The molecule has 11 aromatic rings. The van der Waals surface area contributed by atoms with Crippen LogP contribution in [0.5, 0.6) is 0 Å². The maximum atomic E-state index is 13.5. The molecule has 0 aliphatic rings. The molecule has 4 N–H and O–H groups in total. The molecule has 0 aliphatic heterocycles. The average Bonchev–Trinajstić information content (AvgIpc) is 4.20. The van der Waals surface area contributed by atoms with Crippen molar-refractivity contribution in [2.24, 2.45) is 0 Å². The molecule has 9 heterocycles. The standard InChI is InChI=1S/C28H25FN6.C24H15FN6.C2H6/c1-5-24-22(12-17(2)19-13-21(35(3)4)16-30-15-19)28(34-33-24)26-14-23-25(32-26)10-11-31-27(23)18-6-8-20(29)9-7-18;25-16-5-3-14(4-6-16)23-17-11-21(29-19(17)7-9-27-23)24-18-10-20(15-2-1-8-26-12-15)28-13-22(18)30-31-24;1-2/h5-16,32-33H,2H2,1,3-4H3;1-13,29H,(H,30,31);1-2H3/b22-12+,24-5+;;. The molecule has 0 saturated heterocycles. The molecule has 0 fully saturated rings. The van der Waals surface area contributed by atoms with Crippen LogP contribution in [0.25, 0.3) is 107 Å². The van der Waals surface area contributed by atoms with Crippen molar-refractivity contribution in [2.45, 2.75) is 20.8 Å². The fraction of sp³-hybridized carbons (Fsp3) is 0.0926. The summed E-state index contributed by atoms with van der Waals surface area (Å²) in [5.74, 6) is -0.547. The molecular weight excluding hydrogens is 855 g/mol. The third-order valence-electron chi connectivity index (χ3n) is 11.3. The van der Waals surface area contributed by atoms with Crippen LogP contribution in [0.15, 0.2) is 147 Å². The third kappa shape index (κ3) is 8.90. The van der Waals surface area contributed by atoms with Gasteiger partial charge in [0.05, 0.1) is 57.4 Å². The van der Waals surface area contributed by atoms with Gasteiger partial charge in [-0.1, -0.05) is 26.5 Å². The Morgan fingerprint density at radius 1 is 0.588 bits per heavy atom. The van der Waals surface area contributed by atoms with E-state index < -0.39 is 0 Å². The third-order valence-corrected chi connectivity index (χ3v) is 11.3. The first kappa shape index (κ1) is 44.3. The summed E-state index contributed by atoms with van der Waals surface area (Å²) in [5, 5.41) is 20.0. The van der Waals surface area contributed by atoms with Crippen molar-refractivity contribution in [3.05, 3.63) is 175 Å². The molecule has 0 radical (unpaired) electrons. The number of pyridine rings is 5. The number of benzene rings is 2. The lowest BCUT2D eigenvalue weighted by Gasteiger charge is -2.12. The summed E-state index contributed by atoms with van der Waals surface area (Å²) in [4.78, 5) is 31.1. The number of hydrogen-bond donors (Lipinski definition) is 4. The van der Waals surface area contributed by atoms with Crippen LogP contribution < -0.4 is 15.5 Å². The van der Waals surface area contributed by atoms with Gasteiger partial charge < -0.3 is 14.9 Å². The number of allylic oxidation sites excluding steroid dienone is 1. The quantitative estimate of drug-likeness (QED) is 0.117. The van der Waals surface area contributed by atoms with Crippen LogP contribution in [-0.4, -0.2) is 69.4 Å². The van der Waals surface area contributed by atoms with Crippen molar-refractivity contribution < 1.29 is 8.78 Å². The second-order valence-electron chi connectivity index (χ2n) is 15.7. The Labute approximate surface area is 390 Å². The number of aromatic amines is 4. The van der Waals surface area contributed by atoms with E-state index in [2.05, 4.69) is 67.9 Å². The fourth-order valence-corrected chi connectivity index (χ4v) is 7.87. The number of fused-ring (bicyclic) bond motifs is 3. The molecule has 12 nitrogen and oxygen atoms in total. The van der Waals surface area contributed by atoms with Crippen LogP contribution >= 0.6 is 0 Å². The predicted octanol–water partition coefficient (Wildman–Crippen LogP) is 10.9. The van der Waals surface area contributed by atoms with Crippen LogP contribution in [0.3, 0.4) is 0 Å². The Hall–Kier alpha value is -8.91. The number of anilines is 1. The summed E-state index contributed by atoms with van der Waals surface area (Å²) >= 11 is 0. The minimum absolute atomic E-state index is 0.272. The van der Waals surface area contributed by atoms with Gasteiger partial charge in [-0.05, 0) is 116 Å². The molecule has 336 valence electrons. The van der Waals surface area contributed by atoms with Gasteiger partial charge >= 0.3 is 0 Å². The van der Waals surface area contributed by atoms with E-state index in [-0.39, 0.29) is 11.6 Å². The van der Waals surface area contributed by atoms with Crippen molar-refractivity contribution in [3.8, 4) is 56.5 Å². The molecule has 11 rings (SSSR count). The van der Waals surface area contributed by atoms with E-state index in [0.717, 1.165) is 117 Å². The Morgan fingerprint density at radius 2 is 1.19 bits per heavy atom. The first-order valence-electron chi connectivity index (χ1n) is 22.0. The molecule has 14 heteroatoms. The summed E-state index contributed by atoms with van der Waals surface area (Å²) in [7, 11) is 3.97. The van der Waals surface area contributed by atoms with Crippen LogP contribution in [0.1, 0.15) is 26.3 Å². The number of nitrogens with zero attached hydrogens (tertiary/aromatic N) is 8. The lowest BCUT2D eigenvalue weighted by molar-refractivity contribution is 0.627. The maximum absolute atomic E-state index is 13.5. The Kier molecular flexibility index (Phi) is 12.6. The summed E-state index contributed by atoms with van der Waals surface area (Å²) in [6, 6.07) is 28.6. The Morgan fingerprint density at radius 3 is 1.78 bits per heavy atom. The highest BCUT2D eigenvalue weighted by Gasteiger charge is 2.17. The van der Waals surface area contributed by atoms with Crippen molar-refractivity contribution in [1.29, 1.82) is 0 Å². The van der Waals surface area contributed by atoms with E-state index in [1.165, 1.54) is 24.3 Å². The van der Waals surface area contributed by atoms with Crippen molar-refractivity contribution in [1.82, 2.24) is 55.3 Å². The van der Waals surface area contributed by atoms with Crippen molar-refractivity contribution in [3.63, 3.8) is 0 Å². The lowest BCUT2D eigenvalue weighted by Crippen LogP contribution is -2.23. The zero-order valence-corrected chi connectivity index (χ0v) is 38.0.